The van der Waals surface area contributed by atoms with Crippen molar-refractivity contribution in [1.29, 1.82) is 0 Å². The Labute approximate surface area is 102 Å². The topological polar surface area (TPSA) is 42.4 Å². The molecule has 1 rings (SSSR count). The van der Waals surface area contributed by atoms with E-state index in [-0.39, 0.29) is 11.3 Å². The van der Waals surface area contributed by atoms with Crippen molar-refractivity contribution >= 4 is 22.6 Å². The Balaban J connectivity index is 3.15. The molecule has 0 atom stereocenters. The molecule has 3 nitrogen and oxygen atoms in total. The molecule has 1 N–H and O–H groups in total. The maximum absolute atomic E-state index is 12.4. The molecular weight excluding hydrogens is 345 g/mol. The minimum Gasteiger partial charge on any atom is -0.391 e. The van der Waals surface area contributed by atoms with E-state index in [2.05, 4.69) is 9.72 Å². The molecule has 90 valence electrons. The van der Waals surface area contributed by atoms with E-state index in [1.54, 1.807) is 22.6 Å². The number of rotatable bonds is 3. The third kappa shape index (κ3) is 3.44. The minimum atomic E-state index is -4.92. The van der Waals surface area contributed by atoms with E-state index in [1.807, 2.05) is 0 Å². The number of alkyl halides is 4. The fourth-order valence-electron chi connectivity index (χ4n) is 0.951. The third-order valence-corrected chi connectivity index (χ3v) is 2.53. The first-order valence-corrected chi connectivity index (χ1v) is 5.06. The van der Waals surface area contributed by atoms with Gasteiger partial charge in [0.1, 0.15) is 6.67 Å². The number of hydrogen-bond donors (Lipinski definition) is 1. The van der Waals surface area contributed by atoms with Crippen LogP contribution < -0.4 is 4.74 Å². The van der Waals surface area contributed by atoms with E-state index in [1.165, 1.54) is 6.07 Å². The van der Waals surface area contributed by atoms with Gasteiger partial charge in [0.25, 0.3) is 0 Å². The van der Waals surface area contributed by atoms with Crippen LogP contribution in [0.2, 0.25) is 0 Å². The highest BCUT2D eigenvalue weighted by atomic mass is 127. The zero-order valence-electron chi connectivity index (χ0n) is 7.68. The molecule has 0 aromatic carbocycles. The lowest BCUT2D eigenvalue weighted by molar-refractivity contribution is -0.276. The SMILES string of the molecule is OCc1cc(I)c(CF)nc1OC(F)(F)F. The Morgan fingerprint density at radius 3 is 2.50 bits per heavy atom. The first kappa shape index (κ1) is 13.4. The summed E-state index contributed by atoms with van der Waals surface area (Å²) in [4.78, 5) is 3.36. The first-order chi connectivity index (χ1) is 7.37. The molecule has 0 radical (unpaired) electrons. The summed E-state index contributed by atoms with van der Waals surface area (Å²) in [5, 5.41) is 8.82. The summed E-state index contributed by atoms with van der Waals surface area (Å²) >= 11 is 1.71. The van der Waals surface area contributed by atoms with Gasteiger partial charge in [0.2, 0.25) is 5.88 Å². The second-order valence-electron chi connectivity index (χ2n) is 2.72. The Morgan fingerprint density at radius 1 is 1.44 bits per heavy atom. The molecule has 16 heavy (non-hydrogen) atoms. The molecule has 0 aliphatic heterocycles. The minimum absolute atomic E-state index is 0.140. The van der Waals surface area contributed by atoms with Gasteiger partial charge in [0.15, 0.2) is 0 Å². The standard InChI is InChI=1S/C8H6F4INO2/c9-2-6-5(13)1-4(3-15)7(14-6)16-8(10,11)12/h1,15H,2-3H2. The van der Waals surface area contributed by atoms with Gasteiger partial charge in [-0.15, -0.1) is 13.2 Å². The number of aliphatic hydroxyl groups excluding tert-OH is 1. The molecule has 1 aromatic rings. The van der Waals surface area contributed by atoms with Gasteiger partial charge in [-0.2, -0.15) is 0 Å². The molecule has 1 aromatic heterocycles. The zero-order chi connectivity index (χ0) is 12.3. The zero-order valence-corrected chi connectivity index (χ0v) is 9.84. The van der Waals surface area contributed by atoms with Crippen molar-refractivity contribution in [3.05, 3.63) is 20.9 Å². The second kappa shape index (κ2) is 5.13. The lowest BCUT2D eigenvalue weighted by atomic mass is 10.2. The number of pyridine rings is 1. The van der Waals surface area contributed by atoms with Gasteiger partial charge in [0, 0.05) is 9.13 Å². The van der Waals surface area contributed by atoms with Crippen LogP contribution in [0.4, 0.5) is 17.6 Å². The number of aliphatic hydroxyl groups is 1. The van der Waals surface area contributed by atoms with Crippen molar-refractivity contribution in [1.82, 2.24) is 4.98 Å². The normalized spacial score (nSPS) is 11.6. The summed E-state index contributed by atoms with van der Waals surface area (Å²) < 4.78 is 52.1. The smallest absolute Gasteiger partial charge is 0.391 e. The number of aromatic nitrogens is 1. The molecule has 0 amide bonds. The number of hydrogen-bond acceptors (Lipinski definition) is 3. The predicted octanol–water partition coefficient (Wildman–Crippen LogP) is 2.55. The van der Waals surface area contributed by atoms with Crippen molar-refractivity contribution in [2.24, 2.45) is 0 Å². The highest BCUT2D eigenvalue weighted by molar-refractivity contribution is 14.1. The van der Waals surface area contributed by atoms with Gasteiger partial charge < -0.3 is 9.84 Å². The molecule has 0 saturated heterocycles. The Morgan fingerprint density at radius 2 is 2.06 bits per heavy atom. The van der Waals surface area contributed by atoms with Crippen LogP contribution in [0.15, 0.2) is 6.07 Å². The molecular formula is C8H6F4INO2. The van der Waals surface area contributed by atoms with E-state index >= 15 is 0 Å². The van der Waals surface area contributed by atoms with Gasteiger partial charge in [-0.3, -0.25) is 0 Å². The summed E-state index contributed by atoms with van der Waals surface area (Å²) in [6.45, 7) is -1.67. The summed E-state index contributed by atoms with van der Waals surface area (Å²) in [6, 6.07) is 1.20. The van der Waals surface area contributed by atoms with Gasteiger partial charge in [-0.05, 0) is 28.7 Å². The monoisotopic (exact) mass is 351 g/mol. The van der Waals surface area contributed by atoms with Crippen LogP contribution in [0, 0.1) is 3.57 Å². The Hall–Kier alpha value is -0.640. The fourth-order valence-corrected chi connectivity index (χ4v) is 1.59. The molecule has 0 aliphatic carbocycles. The lowest BCUT2D eigenvalue weighted by Crippen LogP contribution is -2.19. The predicted molar refractivity (Wildman–Crippen MR) is 54.4 cm³/mol. The highest BCUT2D eigenvalue weighted by Crippen LogP contribution is 2.27. The average Bonchev–Trinajstić information content (AvgIpc) is 2.18. The van der Waals surface area contributed by atoms with Gasteiger partial charge >= 0.3 is 6.36 Å². The Kier molecular flexibility index (Phi) is 4.30. The maximum Gasteiger partial charge on any atom is 0.574 e. The summed E-state index contributed by atoms with van der Waals surface area (Å²) in [5.74, 6) is -0.817. The third-order valence-electron chi connectivity index (χ3n) is 1.60. The van der Waals surface area contributed by atoms with E-state index in [0.717, 1.165) is 0 Å². The van der Waals surface area contributed by atoms with Gasteiger partial charge in [-0.25, -0.2) is 9.37 Å². The highest BCUT2D eigenvalue weighted by Gasteiger charge is 2.33. The number of halogens is 5. The van der Waals surface area contributed by atoms with Crippen LogP contribution in [0.1, 0.15) is 11.3 Å². The summed E-state index contributed by atoms with van der Waals surface area (Å²) in [7, 11) is 0. The Bertz CT molecular complexity index is 383. The molecule has 0 spiro atoms. The quantitative estimate of drug-likeness (QED) is 0.673. The second-order valence-corrected chi connectivity index (χ2v) is 3.88. The van der Waals surface area contributed by atoms with Crippen molar-refractivity contribution < 1.29 is 27.4 Å². The van der Waals surface area contributed by atoms with E-state index in [9.17, 15) is 17.6 Å². The van der Waals surface area contributed by atoms with Gasteiger partial charge in [0.05, 0.1) is 12.3 Å². The van der Waals surface area contributed by atoms with E-state index in [4.69, 9.17) is 5.11 Å². The van der Waals surface area contributed by atoms with Crippen LogP contribution in [0.5, 0.6) is 5.88 Å². The molecule has 1 heterocycles. The molecule has 0 unspecified atom stereocenters. The molecule has 0 fully saturated rings. The van der Waals surface area contributed by atoms with Crippen molar-refractivity contribution in [3.8, 4) is 5.88 Å². The molecule has 8 heteroatoms. The van der Waals surface area contributed by atoms with Crippen molar-refractivity contribution in [2.75, 3.05) is 0 Å². The van der Waals surface area contributed by atoms with Crippen LogP contribution in [0.3, 0.4) is 0 Å². The van der Waals surface area contributed by atoms with Crippen LogP contribution in [0.25, 0.3) is 0 Å². The number of nitrogens with zero attached hydrogens (tertiary/aromatic N) is 1. The van der Waals surface area contributed by atoms with Crippen molar-refractivity contribution in [3.63, 3.8) is 0 Å². The largest absolute Gasteiger partial charge is 0.574 e. The molecule has 0 bridgehead atoms. The van der Waals surface area contributed by atoms with Crippen molar-refractivity contribution in [2.45, 2.75) is 19.6 Å². The van der Waals surface area contributed by atoms with Crippen LogP contribution in [-0.4, -0.2) is 16.5 Å². The molecule has 0 aliphatic rings. The first-order valence-electron chi connectivity index (χ1n) is 3.98. The lowest BCUT2D eigenvalue weighted by Gasteiger charge is -2.12. The average molecular weight is 351 g/mol. The van der Waals surface area contributed by atoms with E-state index in [0.29, 0.717) is 3.57 Å². The van der Waals surface area contributed by atoms with Crippen LogP contribution in [-0.2, 0) is 13.3 Å². The summed E-state index contributed by atoms with van der Waals surface area (Å²) in [6.07, 6.45) is -4.92. The number of ether oxygens (including phenoxy) is 1. The summed E-state index contributed by atoms with van der Waals surface area (Å²) in [5.41, 5.74) is -0.295. The van der Waals surface area contributed by atoms with Gasteiger partial charge in [-0.1, -0.05) is 0 Å². The maximum atomic E-state index is 12.4. The van der Waals surface area contributed by atoms with Crippen LogP contribution >= 0.6 is 22.6 Å². The molecule has 0 saturated carbocycles. The van der Waals surface area contributed by atoms with E-state index < -0.39 is 25.5 Å². The fraction of sp³-hybridized carbons (Fsp3) is 0.375.